The molecule has 0 heterocycles. The molecule has 0 amide bonds. The van der Waals surface area contributed by atoms with Crippen molar-refractivity contribution in [2.75, 3.05) is 0 Å². The third-order valence-corrected chi connectivity index (χ3v) is 1.04. The molecule has 0 aliphatic carbocycles. The van der Waals surface area contributed by atoms with E-state index >= 15 is 0 Å². The maximum atomic E-state index is 3.72. The number of hydrogen-bond acceptors (Lipinski definition) is 0. The van der Waals surface area contributed by atoms with E-state index in [1.165, 1.54) is 5.56 Å². The molecule has 1 aromatic rings. The Bertz CT molecular complexity index is 146. The zero-order chi connectivity index (χ0) is 7.82. The molecule has 0 aromatic heterocycles. The van der Waals surface area contributed by atoms with E-state index in [1.54, 1.807) is 0 Å². The van der Waals surface area contributed by atoms with Crippen molar-refractivity contribution in [2.24, 2.45) is 0 Å². The Kier molecular flexibility index (Phi) is 12.9. The minimum Gasteiger partial charge on any atom is -0.341 e. The molecular formula is C10H14U. The first-order chi connectivity index (χ1) is 4.93. The second-order valence-electron chi connectivity index (χ2n) is 1.64. The Balaban J connectivity index is 0. The molecule has 1 rings (SSSR count). The van der Waals surface area contributed by atoms with Gasteiger partial charge >= 0.3 is 31.1 Å². The molecule has 0 aliphatic heterocycles. The molecule has 0 saturated carbocycles. The van der Waals surface area contributed by atoms with Gasteiger partial charge in [0, 0.05) is 0 Å². The molecule has 0 nitrogen and oxygen atoms in total. The number of hydrogen-bond donors (Lipinski definition) is 0. The van der Waals surface area contributed by atoms with Crippen molar-refractivity contribution in [3.05, 3.63) is 42.8 Å². The molecule has 0 fully saturated rings. The van der Waals surface area contributed by atoms with Crippen LogP contribution >= 0.6 is 0 Å². The van der Waals surface area contributed by atoms with Crippen LogP contribution in [0.15, 0.2) is 24.3 Å². The first-order valence-corrected chi connectivity index (χ1v) is 3.68. The molecular weight excluding hydrogens is 358 g/mol. The fourth-order valence-corrected chi connectivity index (χ4v) is 0.586. The Morgan fingerprint density at radius 3 is 2.27 bits per heavy atom. The monoisotopic (exact) mass is 372 g/mol. The maximum absolute atomic E-state index is 3.72. The van der Waals surface area contributed by atoms with E-state index in [2.05, 4.69) is 13.0 Å². The van der Waals surface area contributed by atoms with Crippen LogP contribution in [0.25, 0.3) is 0 Å². The van der Waals surface area contributed by atoms with Crippen LogP contribution in [-0.4, -0.2) is 0 Å². The van der Waals surface area contributed by atoms with Gasteiger partial charge in [0.15, 0.2) is 0 Å². The van der Waals surface area contributed by atoms with Crippen LogP contribution in [0.4, 0.5) is 0 Å². The van der Waals surface area contributed by atoms with E-state index in [4.69, 9.17) is 0 Å². The minimum absolute atomic E-state index is 0. The van der Waals surface area contributed by atoms with Crippen molar-refractivity contribution < 1.29 is 31.1 Å². The van der Waals surface area contributed by atoms with Gasteiger partial charge < -0.3 is 6.92 Å². The Labute approximate surface area is 93.8 Å². The average Bonchev–Trinajstić information content (AvgIpc) is 2.10. The molecule has 0 bridgehead atoms. The molecule has 0 saturated heterocycles. The van der Waals surface area contributed by atoms with Gasteiger partial charge in [0.1, 0.15) is 0 Å². The van der Waals surface area contributed by atoms with Crippen LogP contribution in [0.1, 0.15) is 19.4 Å². The van der Waals surface area contributed by atoms with Crippen molar-refractivity contribution in [1.29, 1.82) is 0 Å². The predicted octanol–water partition coefficient (Wildman–Crippen LogP) is 2.89. The van der Waals surface area contributed by atoms with Gasteiger partial charge in [0.25, 0.3) is 0 Å². The van der Waals surface area contributed by atoms with Crippen molar-refractivity contribution >= 4 is 0 Å². The van der Waals surface area contributed by atoms with Crippen LogP contribution < -0.4 is 0 Å². The van der Waals surface area contributed by atoms with Gasteiger partial charge in [-0.15, -0.1) is 0 Å². The Morgan fingerprint density at radius 1 is 1.36 bits per heavy atom. The van der Waals surface area contributed by atoms with Gasteiger partial charge in [-0.05, 0) is 0 Å². The summed E-state index contributed by atoms with van der Waals surface area (Å²) in [5.41, 5.74) is 1.17. The van der Waals surface area contributed by atoms with Crippen LogP contribution in [0.3, 0.4) is 0 Å². The predicted molar refractivity (Wildman–Crippen MR) is 45.7 cm³/mol. The van der Waals surface area contributed by atoms with Crippen molar-refractivity contribution in [3.63, 3.8) is 0 Å². The topological polar surface area (TPSA) is 0 Å². The standard InChI is InChI=1S/C8H8.C2H6.U/c1-2-8-6-4-3-5-7-8;1-2;/h3-6H,1-2H2;1-2H3;/q-2;;+2. The van der Waals surface area contributed by atoms with E-state index in [-0.39, 0.29) is 31.1 Å². The van der Waals surface area contributed by atoms with Gasteiger partial charge in [-0.3, -0.25) is 0 Å². The van der Waals surface area contributed by atoms with E-state index < -0.39 is 0 Å². The Morgan fingerprint density at radius 2 is 2.00 bits per heavy atom. The van der Waals surface area contributed by atoms with Gasteiger partial charge in [-0.1, -0.05) is 13.8 Å². The first kappa shape index (κ1) is 13.8. The molecule has 1 heteroatoms. The van der Waals surface area contributed by atoms with Gasteiger partial charge in [-0.2, -0.15) is 42.3 Å². The summed E-state index contributed by atoms with van der Waals surface area (Å²) >= 11 is 0. The Hall–Kier alpha value is 0.272. The molecule has 58 valence electrons. The largest absolute Gasteiger partial charge is 2.00 e. The summed E-state index contributed by atoms with van der Waals surface area (Å²) in [7, 11) is 0. The summed E-state index contributed by atoms with van der Waals surface area (Å²) in [6.45, 7) is 7.72. The van der Waals surface area contributed by atoms with Crippen molar-refractivity contribution in [3.8, 4) is 0 Å². The molecule has 0 aliphatic rings. The second kappa shape index (κ2) is 10.3. The normalized spacial score (nSPS) is 7.18. The summed E-state index contributed by atoms with van der Waals surface area (Å²) in [4.78, 5) is 0. The summed E-state index contributed by atoms with van der Waals surface area (Å²) < 4.78 is 0. The van der Waals surface area contributed by atoms with Gasteiger partial charge in [0.05, 0.1) is 0 Å². The van der Waals surface area contributed by atoms with Crippen molar-refractivity contribution in [1.82, 2.24) is 0 Å². The van der Waals surface area contributed by atoms with Crippen LogP contribution in [0.5, 0.6) is 0 Å². The summed E-state index contributed by atoms with van der Waals surface area (Å²) in [6.07, 6.45) is 0.834. The number of benzene rings is 1. The molecule has 0 unspecified atom stereocenters. The number of rotatable bonds is 1. The second-order valence-corrected chi connectivity index (χ2v) is 1.64. The van der Waals surface area contributed by atoms with E-state index in [1.807, 2.05) is 38.1 Å². The quantitative estimate of drug-likeness (QED) is 0.666. The first-order valence-electron chi connectivity index (χ1n) is 3.68. The van der Waals surface area contributed by atoms with Gasteiger partial charge in [-0.25, -0.2) is 0 Å². The molecule has 0 spiro atoms. The minimum atomic E-state index is 0. The van der Waals surface area contributed by atoms with E-state index in [9.17, 15) is 0 Å². The fraction of sp³-hybridized carbons (Fsp3) is 0.300. The molecule has 0 radical (unpaired) electrons. The SMILES string of the molecule is CC.[CH2-]Cc1[c-]cccc1.[U+2]. The van der Waals surface area contributed by atoms with Gasteiger partial charge in [0.2, 0.25) is 0 Å². The third kappa shape index (κ3) is 6.66. The smallest absolute Gasteiger partial charge is 0.341 e. The zero-order valence-electron chi connectivity index (χ0n) is 7.22. The fourth-order valence-electron chi connectivity index (χ4n) is 0.586. The van der Waals surface area contributed by atoms with Crippen LogP contribution in [-0.2, 0) is 6.42 Å². The molecule has 11 heavy (non-hydrogen) atoms. The molecule has 0 N–H and O–H groups in total. The summed E-state index contributed by atoms with van der Waals surface area (Å²) in [5.74, 6) is 0. The molecule has 0 atom stereocenters. The van der Waals surface area contributed by atoms with E-state index in [0.29, 0.717) is 0 Å². The zero-order valence-corrected chi connectivity index (χ0v) is 11.4. The van der Waals surface area contributed by atoms with Crippen molar-refractivity contribution in [2.45, 2.75) is 20.3 Å². The third-order valence-electron chi connectivity index (χ3n) is 1.04. The van der Waals surface area contributed by atoms with Crippen LogP contribution in [0, 0.1) is 44.1 Å². The van der Waals surface area contributed by atoms with Crippen LogP contribution in [0.2, 0.25) is 0 Å². The van der Waals surface area contributed by atoms with E-state index in [0.717, 1.165) is 6.42 Å². The maximum Gasteiger partial charge on any atom is 2.00 e. The molecule has 1 aromatic carbocycles. The summed E-state index contributed by atoms with van der Waals surface area (Å²) in [6, 6.07) is 10.9. The average molecular weight is 372 g/mol. The summed E-state index contributed by atoms with van der Waals surface area (Å²) in [5, 5.41) is 0.